The van der Waals surface area contributed by atoms with E-state index in [9.17, 15) is 19.8 Å². The van der Waals surface area contributed by atoms with Crippen molar-refractivity contribution in [2.75, 3.05) is 13.1 Å². The van der Waals surface area contributed by atoms with Gasteiger partial charge in [0.05, 0.1) is 0 Å². The van der Waals surface area contributed by atoms with E-state index >= 15 is 0 Å². The van der Waals surface area contributed by atoms with Crippen molar-refractivity contribution >= 4 is 23.9 Å². The van der Waals surface area contributed by atoms with Crippen LogP contribution in [0.4, 0.5) is 9.59 Å². The van der Waals surface area contributed by atoms with E-state index in [1.807, 2.05) is 12.1 Å². The number of aromatic hydroxyl groups is 2. The predicted molar refractivity (Wildman–Crippen MR) is 160 cm³/mol. The Hall–Kier alpha value is -5.15. The normalized spacial score (nSPS) is 10.3. The maximum Gasteiger partial charge on any atom is 0.412 e. The molecule has 9 heteroatoms. The summed E-state index contributed by atoms with van der Waals surface area (Å²) in [6.45, 7) is 7.70. The third kappa shape index (κ3) is 7.93. The first-order valence-corrected chi connectivity index (χ1v) is 13.4. The molecule has 4 aromatic rings. The minimum atomic E-state index is -0.607. The molecule has 2 amide bonds. The van der Waals surface area contributed by atoms with Gasteiger partial charge in [-0.05, 0) is 82.9 Å². The first-order chi connectivity index (χ1) is 19.9. The number of amides is 2. The highest BCUT2D eigenvalue weighted by atomic mass is 32.2. The Balaban J connectivity index is 1.73. The molecule has 0 radical (unpaired) electrons. The summed E-state index contributed by atoms with van der Waals surface area (Å²) >= 11 is 1.46. The van der Waals surface area contributed by atoms with Crippen LogP contribution in [0.1, 0.15) is 0 Å². The highest BCUT2D eigenvalue weighted by Crippen LogP contribution is 2.43. The number of phenols is 2. The van der Waals surface area contributed by atoms with Gasteiger partial charge in [-0.1, -0.05) is 48.2 Å². The molecule has 0 heterocycles. The molecule has 0 unspecified atom stereocenters. The number of rotatable bonds is 10. The van der Waals surface area contributed by atoms with Crippen molar-refractivity contribution in [1.29, 1.82) is 0 Å². The Morgan fingerprint density at radius 1 is 0.659 bits per heavy atom. The van der Waals surface area contributed by atoms with Crippen LogP contribution in [0.5, 0.6) is 23.0 Å². The van der Waals surface area contributed by atoms with Crippen molar-refractivity contribution < 1.29 is 29.3 Å². The number of benzene rings is 4. The molecule has 0 saturated heterocycles. The zero-order valence-electron chi connectivity index (χ0n) is 22.0. The van der Waals surface area contributed by atoms with E-state index in [1.54, 1.807) is 84.9 Å². The van der Waals surface area contributed by atoms with Crippen molar-refractivity contribution in [3.05, 3.63) is 110 Å². The molecule has 4 N–H and O–H groups in total. The number of carbonyl (C=O) groups is 2. The van der Waals surface area contributed by atoms with Gasteiger partial charge in [0.1, 0.15) is 23.0 Å². The second-order valence-corrected chi connectivity index (χ2v) is 9.71. The number of phenolic OH excluding ortho intramolecular Hbond substituents is 2. The van der Waals surface area contributed by atoms with E-state index in [4.69, 9.17) is 9.47 Å². The van der Waals surface area contributed by atoms with Crippen LogP contribution in [0.15, 0.2) is 120 Å². The Kier molecular flexibility index (Phi) is 9.69. The lowest BCUT2D eigenvalue weighted by Crippen LogP contribution is -2.26. The van der Waals surface area contributed by atoms with Crippen LogP contribution in [0.25, 0.3) is 22.3 Å². The fourth-order valence-electron chi connectivity index (χ4n) is 3.77. The highest BCUT2D eigenvalue weighted by molar-refractivity contribution is 7.99. The van der Waals surface area contributed by atoms with Gasteiger partial charge in [0, 0.05) is 22.9 Å². The van der Waals surface area contributed by atoms with Crippen LogP contribution in [-0.2, 0) is 0 Å². The fraction of sp³-hybridized carbons (Fsp3) is 0.0625. The topological polar surface area (TPSA) is 117 Å². The first-order valence-electron chi connectivity index (χ1n) is 12.5. The molecule has 0 bridgehead atoms. The Morgan fingerprint density at radius 3 is 1.41 bits per heavy atom. The van der Waals surface area contributed by atoms with Crippen LogP contribution in [0.2, 0.25) is 0 Å². The maximum atomic E-state index is 12.1. The van der Waals surface area contributed by atoms with E-state index < -0.39 is 12.2 Å². The third-order valence-corrected chi connectivity index (χ3v) is 6.83. The van der Waals surface area contributed by atoms with Crippen molar-refractivity contribution in [2.24, 2.45) is 0 Å². The molecule has 0 spiro atoms. The molecule has 0 atom stereocenters. The van der Waals surface area contributed by atoms with E-state index in [-0.39, 0.29) is 24.6 Å². The number of nitrogens with one attached hydrogen (secondary N) is 2. The number of hydrogen-bond acceptors (Lipinski definition) is 7. The van der Waals surface area contributed by atoms with Gasteiger partial charge >= 0.3 is 12.2 Å². The molecular weight excluding hydrogens is 540 g/mol. The van der Waals surface area contributed by atoms with Crippen molar-refractivity contribution in [2.45, 2.75) is 9.79 Å². The Morgan fingerprint density at radius 2 is 1.05 bits per heavy atom. The summed E-state index contributed by atoms with van der Waals surface area (Å²) < 4.78 is 10.9. The minimum Gasteiger partial charge on any atom is -0.508 e. The number of ether oxygens (including phenoxy) is 2. The quantitative estimate of drug-likeness (QED) is 0.150. The molecular formula is C32H28N2O6S. The Bertz CT molecular complexity index is 1430. The van der Waals surface area contributed by atoms with Gasteiger partial charge in [0.15, 0.2) is 0 Å². The molecule has 0 aliphatic rings. The molecule has 4 rings (SSSR count). The average molecular weight is 569 g/mol. The number of hydrogen-bond donors (Lipinski definition) is 4. The maximum absolute atomic E-state index is 12.1. The molecule has 4 aromatic carbocycles. The summed E-state index contributed by atoms with van der Waals surface area (Å²) in [6.07, 6.45) is 1.89. The van der Waals surface area contributed by atoms with Gasteiger partial charge in [-0.2, -0.15) is 0 Å². The van der Waals surface area contributed by atoms with E-state index in [0.717, 1.165) is 32.0 Å². The zero-order chi connectivity index (χ0) is 29.2. The summed E-state index contributed by atoms with van der Waals surface area (Å²) in [4.78, 5) is 26.0. The van der Waals surface area contributed by atoms with E-state index in [0.29, 0.717) is 11.5 Å². The van der Waals surface area contributed by atoms with Crippen LogP contribution >= 0.6 is 11.8 Å². The van der Waals surface area contributed by atoms with Gasteiger partial charge in [-0.25, -0.2) is 9.59 Å². The summed E-state index contributed by atoms with van der Waals surface area (Å²) in [5.74, 6) is 0.932. The zero-order valence-corrected chi connectivity index (χ0v) is 22.8. The summed E-state index contributed by atoms with van der Waals surface area (Å²) in [7, 11) is 0. The van der Waals surface area contributed by atoms with E-state index in [2.05, 4.69) is 23.8 Å². The molecule has 0 aliphatic carbocycles. The van der Waals surface area contributed by atoms with Crippen molar-refractivity contribution in [3.8, 4) is 45.3 Å². The van der Waals surface area contributed by atoms with E-state index in [1.165, 1.54) is 11.8 Å². The summed E-state index contributed by atoms with van der Waals surface area (Å²) in [5.41, 5.74) is 3.13. The minimum absolute atomic E-state index is 0.126. The smallest absolute Gasteiger partial charge is 0.412 e. The predicted octanol–water partition coefficient (Wildman–Crippen LogP) is 7.13. The third-order valence-electron chi connectivity index (χ3n) is 5.68. The number of carbonyl (C=O) groups excluding carboxylic acids is 2. The second kappa shape index (κ2) is 13.8. The lowest BCUT2D eigenvalue weighted by atomic mass is 10.0. The Labute approximate surface area is 242 Å². The molecule has 0 aliphatic heterocycles. The van der Waals surface area contributed by atoms with Crippen LogP contribution in [0.3, 0.4) is 0 Å². The van der Waals surface area contributed by atoms with Crippen LogP contribution < -0.4 is 20.1 Å². The van der Waals surface area contributed by atoms with Crippen molar-refractivity contribution in [3.63, 3.8) is 0 Å². The highest BCUT2D eigenvalue weighted by Gasteiger charge is 2.16. The van der Waals surface area contributed by atoms with Crippen LogP contribution in [-0.4, -0.2) is 35.5 Å². The molecule has 41 heavy (non-hydrogen) atoms. The van der Waals surface area contributed by atoms with Gasteiger partial charge in [-0.15, -0.1) is 13.2 Å². The van der Waals surface area contributed by atoms with Crippen LogP contribution in [0, 0.1) is 0 Å². The first kappa shape index (κ1) is 28.8. The average Bonchev–Trinajstić information content (AvgIpc) is 2.97. The molecule has 0 saturated carbocycles. The molecule has 0 aromatic heterocycles. The lowest BCUT2D eigenvalue weighted by Gasteiger charge is -2.16. The van der Waals surface area contributed by atoms with Gasteiger partial charge in [0.2, 0.25) is 0 Å². The summed E-state index contributed by atoms with van der Waals surface area (Å²) in [5, 5.41) is 24.8. The molecule has 8 nitrogen and oxygen atoms in total. The van der Waals surface area contributed by atoms with Gasteiger partial charge < -0.3 is 30.3 Å². The summed E-state index contributed by atoms with van der Waals surface area (Å²) in [6, 6.07) is 24.0. The fourth-order valence-corrected chi connectivity index (χ4v) is 4.85. The van der Waals surface area contributed by atoms with Crippen molar-refractivity contribution in [1.82, 2.24) is 10.6 Å². The largest absolute Gasteiger partial charge is 0.508 e. The monoisotopic (exact) mass is 568 g/mol. The SMILES string of the molecule is C=CCNC(=O)Oc1ccc(Sc2ccc(OC(=O)NCC=C)cc2-c2ccc(O)cc2)c(-c2ccc(O)cc2)c1. The standard InChI is InChI=1S/C32H28N2O6S/c1-3-17-33-31(37)39-25-13-15-29(27(19-25)21-5-9-23(35)10-6-21)41-30-16-14-26(40-32(38)34-18-4-2)20-28(30)22-7-11-24(36)12-8-22/h3-16,19-20,35-36H,1-2,17-18H2,(H,33,37)(H,34,38). The van der Waals surface area contributed by atoms with Gasteiger partial charge in [0.25, 0.3) is 0 Å². The lowest BCUT2D eigenvalue weighted by molar-refractivity contribution is 0.200. The molecule has 0 fully saturated rings. The second-order valence-electron chi connectivity index (χ2n) is 8.63. The van der Waals surface area contributed by atoms with Gasteiger partial charge in [-0.3, -0.25) is 0 Å². The molecule has 208 valence electrons.